The van der Waals surface area contributed by atoms with E-state index in [1.54, 1.807) is 27.8 Å². The van der Waals surface area contributed by atoms with Crippen LogP contribution in [0.25, 0.3) is 11.2 Å². The molecule has 3 aromatic heterocycles. The average molecular weight is 557 g/mol. The van der Waals surface area contributed by atoms with Crippen LogP contribution in [0.15, 0.2) is 35.4 Å². The van der Waals surface area contributed by atoms with Crippen molar-refractivity contribution in [3.05, 3.63) is 51.8 Å². The van der Waals surface area contributed by atoms with Crippen molar-refractivity contribution in [1.82, 2.24) is 29.3 Å². The summed E-state index contributed by atoms with van der Waals surface area (Å²) in [4.78, 5) is 42.9. The topological polar surface area (TPSA) is 112 Å². The van der Waals surface area contributed by atoms with Gasteiger partial charge in [0.25, 0.3) is 5.56 Å². The third-order valence-corrected chi connectivity index (χ3v) is 6.95. The molecule has 11 nitrogen and oxygen atoms in total. The van der Waals surface area contributed by atoms with Crippen LogP contribution in [0.4, 0.5) is 4.79 Å². The minimum Gasteiger partial charge on any atom is -0.486 e. The Balaban J connectivity index is 1.26. The minimum absolute atomic E-state index is 0.0175. The molecule has 0 radical (unpaired) electrons. The molecule has 0 aliphatic carbocycles. The van der Waals surface area contributed by atoms with E-state index in [9.17, 15) is 9.59 Å². The molecule has 39 heavy (non-hydrogen) atoms. The maximum atomic E-state index is 13.3. The first-order chi connectivity index (χ1) is 18.7. The fourth-order valence-electron chi connectivity index (χ4n) is 4.84. The van der Waals surface area contributed by atoms with Gasteiger partial charge < -0.3 is 19.1 Å². The number of piperidine rings is 1. The molecule has 0 saturated carbocycles. The van der Waals surface area contributed by atoms with E-state index in [1.165, 1.54) is 6.20 Å². The van der Waals surface area contributed by atoms with Crippen LogP contribution in [0, 0.1) is 0 Å². The van der Waals surface area contributed by atoms with E-state index in [-0.39, 0.29) is 17.7 Å². The molecule has 0 spiro atoms. The predicted octanol–water partition coefficient (Wildman–Crippen LogP) is 3.51. The van der Waals surface area contributed by atoms with Crippen molar-refractivity contribution >= 4 is 28.9 Å². The van der Waals surface area contributed by atoms with Gasteiger partial charge in [-0.15, -0.1) is 0 Å². The third-order valence-electron chi connectivity index (χ3n) is 6.74. The zero-order chi connectivity index (χ0) is 27.6. The number of nitrogens with zero attached hydrogens (tertiary/aromatic N) is 6. The van der Waals surface area contributed by atoms with Gasteiger partial charge in [0.05, 0.1) is 24.6 Å². The summed E-state index contributed by atoms with van der Waals surface area (Å²) in [5.41, 5.74) is 0.984. The van der Waals surface area contributed by atoms with Gasteiger partial charge in [-0.05, 0) is 45.7 Å². The van der Waals surface area contributed by atoms with Gasteiger partial charge in [0, 0.05) is 38.3 Å². The number of likely N-dealkylation sites (tertiary alicyclic amines) is 1. The smallest absolute Gasteiger partial charge is 0.410 e. The number of fused-ring (bicyclic) bond motifs is 2. The maximum absolute atomic E-state index is 13.3. The van der Waals surface area contributed by atoms with E-state index in [0.717, 1.165) is 25.9 Å². The summed E-state index contributed by atoms with van der Waals surface area (Å²) < 4.78 is 18.7. The van der Waals surface area contributed by atoms with Gasteiger partial charge in [-0.2, -0.15) is 0 Å². The highest BCUT2D eigenvalue weighted by atomic mass is 35.5. The molecule has 3 aromatic rings. The highest BCUT2D eigenvalue weighted by Crippen LogP contribution is 2.30. The van der Waals surface area contributed by atoms with Crippen LogP contribution < -0.4 is 15.0 Å². The zero-order valence-electron chi connectivity index (χ0n) is 22.4. The van der Waals surface area contributed by atoms with Crippen LogP contribution in [-0.2, 0) is 17.8 Å². The van der Waals surface area contributed by atoms with Crippen molar-refractivity contribution in [2.45, 2.75) is 58.3 Å². The second-order valence-electron chi connectivity index (χ2n) is 10.7. The summed E-state index contributed by atoms with van der Waals surface area (Å²) >= 11 is 6.07. The number of halogens is 1. The lowest BCUT2D eigenvalue weighted by atomic mass is 10.0. The molecule has 2 aliphatic rings. The number of carbonyl (C=O) groups excluding carboxylic acids is 1. The summed E-state index contributed by atoms with van der Waals surface area (Å²) in [6, 6.07) is 5.23. The SMILES string of the molecule is CC(C)(C)OC(=O)N(Cc1cc2c(cn1)OCCO2)C1CCN(CCn2c(=O)cnc3ccc(Cl)nc32)CC1. The van der Waals surface area contributed by atoms with Crippen molar-refractivity contribution in [3.8, 4) is 11.5 Å². The lowest BCUT2D eigenvalue weighted by Gasteiger charge is -2.39. The van der Waals surface area contributed by atoms with Crippen molar-refractivity contribution in [1.29, 1.82) is 0 Å². The zero-order valence-corrected chi connectivity index (χ0v) is 23.2. The van der Waals surface area contributed by atoms with Gasteiger partial charge in [-0.3, -0.25) is 19.2 Å². The fourth-order valence-corrected chi connectivity index (χ4v) is 4.98. The summed E-state index contributed by atoms with van der Waals surface area (Å²) in [5.74, 6) is 1.25. The molecular weight excluding hydrogens is 524 g/mol. The van der Waals surface area contributed by atoms with E-state index in [4.69, 9.17) is 25.8 Å². The molecule has 2 aliphatic heterocycles. The molecule has 0 N–H and O–H groups in total. The number of hydrogen-bond acceptors (Lipinski definition) is 9. The monoisotopic (exact) mass is 556 g/mol. The number of ether oxygens (including phenoxy) is 3. The first-order valence-electron chi connectivity index (χ1n) is 13.1. The first-order valence-corrected chi connectivity index (χ1v) is 13.5. The van der Waals surface area contributed by atoms with Crippen LogP contribution in [-0.4, -0.2) is 79.9 Å². The first kappa shape index (κ1) is 27.1. The van der Waals surface area contributed by atoms with Crippen LogP contribution in [0.5, 0.6) is 11.5 Å². The minimum atomic E-state index is -0.617. The van der Waals surface area contributed by atoms with Gasteiger partial charge in [0.2, 0.25) is 0 Å². The second kappa shape index (κ2) is 11.4. The van der Waals surface area contributed by atoms with Gasteiger partial charge in [0.1, 0.15) is 29.5 Å². The number of rotatable bonds is 6. The van der Waals surface area contributed by atoms with Crippen LogP contribution in [0.2, 0.25) is 5.15 Å². The van der Waals surface area contributed by atoms with Gasteiger partial charge >= 0.3 is 6.09 Å². The van der Waals surface area contributed by atoms with Gasteiger partial charge in [-0.25, -0.2) is 14.8 Å². The summed E-state index contributed by atoms with van der Waals surface area (Å²) in [6.45, 7) is 9.53. The number of aromatic nitrogens is 4. The van der Waals surface area contributed by atoms with Gasteiger partial charge in [-0.1, -0.05) is 11.6 Å². The van der Waals surface area contributed by atoms with Crippen molar-refractivity contribution in [2.24, 2.45) is 0 Å². The second-order valence-corrected chi connectivity index (χ2v) is 11.1. The molecule has 0 unspecified atom stereocenters. The molecule has 0 atom stereocenters. The molecule has 1 amide bonds. The lowest BCUT2D eigenvalue weighted by Crippen LogP contribution is -2.49. The molecule has 1 fully saturated rings. The molecule has 5 heterocycles. The lowest BCUT2D eigenvalue weighted by molar-refractivity contribution is 0.00529. The summed E-state index contributed by atoms with van der Waals surface area (Å²) in [6.07, 6.45) is 4.12. The maximum Gasteiger partial charge on any atom is 0.410 e. The predicted molar refractivity (Wildman–Crippen MR) is 145 cm³/mol. The van der Waals surface area contributed by atoms with E-state index >= 15 is 0 Å². The largest absolute Gasteiger partial charge is 0.486 e. The molecular formula is C27H33ClN6O5. The fraction of sp³-hybridized carbons (Fsp3) is 0.519. The average Bonchev–Trinajstić information content (AvgIpc) is 2.90. The Kier molecular flexibility index (Phi) is 7.90. The van der Waals surface area contributed by atoms with Crippen LogP contribution >= 0.6 is 11.6 Å². The van der Waals surface area contributed by atoms with Crippen molar-refractivity contribution in [3.63, 3.8) is 0 Å². The molecule has 0 aromatic carbocycles. The van der Waals surface area contributed by atoms with Crippen LogP contribution in [0.3, 0.4) is 0 Å². The standard InChI is InChI=1S/C27H33ClN6O5/c1-27(2,3)39-26(36)34(17-18-14-21-22(15-29-18)38-13-12-37-21)19-6-8-32(9-7-19)10-11-33-24(35)16-30-20-4-5-23(28)31-25(20)33/h4-5,14-16,19H,6-13,17H2,1-3H3. The van der Waals surface area contributed by atoms with Crippen molar-refractivity contribution in [2.75, 3.05) is 32.8 Å². The Morgan fingerprint density at radius 3 is 2.59 bits per heavy atom. The number of hydrogen-bond donors (Lipinski definition) is 0. The number of amides is 1. The Labute approximate surface area is 231 Å². The Morgan fingerprint density at radius 2 is 1.85 bits per heavy atom. The normalized spacial score (nSPS) is 16.3. The van der Waals surface area contributed by atoms with Crippen LogP contribution in [0.1, 0.15) is 39.3 Å². The quantitative estimate of drug-likeness (QED) is 0.421. The molecule has 208 valence electrons. The number of pyridine rings is 2. The molecule has 5 rings (SSSR count). The number of carbonyl (C=O) groups is 1. The van der Waals surface area contributed by atoms with E-state index in [0.29, 0.717) is 66.4 Å². The molecule has 0 bridgehead atoms. The highest BCUT2D eigenvalue weighted by molar-refractivity contribution is 6.29. The van der Waals surface area contributed by atoms with E-state index in [2.05, 4.69) is 19.9 Å². The Bertz CT molecular complexity index is 1400. The van der Waals surface area contributed by atoms with Gasteiger partial charge in [0.15, 0.2) is 17.1 Å². The van der Waals surface area contributed by atoms with E-state index in [1.807, 2.05) is 26.8 Å². The van der Waals surface area contributed by atoms with E-state index < -0.39 is 5.60 Å². The van der Waals surface area contributed by atoms with Crippen molar-refractivity contribution < 1.29 is 19.0 Å². The highest BCUT2D eigenvalue weighted by Gasteiger charge is 2.32. The summed E-state index contributed by atoms with van der Waals surface area (Å²) in [5, 5.41) is 0.319. The molecule has 12 heteroatoms. The Hall–Kier alpha value is -3.44. The third kappa shape index (κ3) is 6.59. The Morgan fingerprint density at radius 1 is 1.10 bits per heavy atom. The summed E-state index contributed by atoms with van der Waals surface area (Å²) in [7, 11) is 0. The molecule has 1 saturated heterocycles.